The first kappa shape index (κ1) is 26.7. The quantitative estimate of drug-likeness (QED) is 0.206. The zero-order valence-corrected chi connectivity index (χ0v) is 20.8. The Hall–Kier alpha value is -3.90. The minimum atomic E-state index is -0.543. The van der Waals surface area contributed by atoms with E-state index in [9.17, 15) is 9.59 Å². The molecule has 36 heavy (non-hydrogen) atoms. The van der Waals surface area contributed by atoms with Gasteiger partial charge in [0.2, 0.25) is 0 Å². The molecule has 0 fully saturated rings. The van der Waals surface area contributed by atoms with Crippen LogP contribution in [-0.2, 0) is 33.8 Å². The van der Waals surface area contributed by atoms with Crippen LogP contribution < -0.4 is 5.32 Å². The van der Waals surface area contributed by atoms with E-state index >= 15 is 0 Å². The van der Waals surface area contributed by atoms with E-state index in [0.29, 0.717) is 5.57 Å². The smallest absolute Gasteiger partial charge is 0.407 e. The third-order valence-corrected chi connectivity index (χ3v) is 5.65. The van der Waals surface area contributed by atoms with Crippen molar-refractivity contribution in [3.05, 3.63) is 120 Å². The van der Waals surface area contributed by atoms with Crippen molar-refractivity contribution >= 4 is 12.1 Å². The minimum absolute atomic E-state index is 0.0557. The second-order valence-electron chi connectivity index (χ2n) is 8.66. The molecular formula is C30H34N2O4. The van der Waals surface area contributed by atoms with E-state index in [0.717, 1.165) is 19.5 Å². The molecule has 0 bridgehead atoms. The maximum Gasteiger partial charge on any atom is 0.407 e. The van der Waals surface area contributed by atoms with Gasteiger partial charge in [0.05, 0.1) is 6.54 Å². The van der Waals surface area contributed by atoms with E-state index < -0.39 is 12.1 Å². The van der Waals surface area contributed by atoms with Crippen LogP contribution in [0.5, 0.6) is 0 Å². The van der Waals surface area contributed by atoms with E-state index in [2.05, 4.69) is 53.2 Å². The number of hydrogen-bond donors (Lipinski definition) is 1. The van der Waals surface area contributed by atoms with E-state index in [1.54, 1.807) is 6.92 Å². The summed E-state index contributed by atoms with van der Waals surface area (Å²) in [6, 6.07) is 30.7. The number of hydrogen-bond acceptors (Lipinski definition) is 5. The minimum Gasteiger partial charge on any atom is -0.460 e. The molecule has 3 rings (SSSR count). The topological polar surface area (TPSA) is 67.9 Å². The van der Waals surface area contributed by atoms with E-state index in [1.165, 1.54) is 16.7 Å². The molecule has 1 N–H and O–H groups in total. The molecule has 0 radical (unpaired) electrons. The summed E-state index contributed by atoms with van der Waals surface area (Å²) in [6.07, 6.45) is 0.183. The van der Waals surface area contributed by atoms with E-state index in [-0.39, 0.29) is 25.8 Å². The first-order valence-electron chi connectivity index (χ1n) is 12.1. The molecule has 0 spiro atoms. The molecule has 0 unspecified atom stereocenters. The van der Waals surface area contributed by atoms with Crippen molar-refractivity contribution in [3.8, 4) is 0 Å². The van der Waals surface area contributed by atoms with Gasteiger partial charge in [0, 0.05) is 24.7 Å². The summed E-state index contributed by atoms with van der Waals surface area (Å²) in [6.45, 7) is 6.99. The molecule has 0 aromatic heterocycles. The van der Waals surface area contributed by atoms with Gasteiger partial charge >= 0.3 is 12.1 Å². The number of nitrogens with zero attached hydrogens (tertiary/aromatic N) is 1. The van der Waals surface area contributed by atoms with Gasteiger partial charge in [0.15, 0.2) is 0 Å². The van der Waals surface area contributed by atoms with Crippen molar-refractivity contribution < 1.29 is 19.1 Å². The van der Waals surface area contributed by atoms with Crippen LogP contribution in [0.3, 0.4) is 0 Å². The molecular weight excluding hydrogens is 452 g/mol. The molecule has 3 aromatic rings. The summed E-state index contributed by atoms with van der Waals surface area (Å²) in [4.78, 5) is 26.2. The Morgan fingerprint density at radius 1 is 0.806 bits per heavy atom. The Labute approximate surface area is 213 Å². The highest BCUT2D eigenvalue weighted by Gasteiger charge is 2.22. The van der Waals surface area contributed by atoms with Gasteiger partial charge in [-0.15, -0.1) is 0 Å². The molecule has 0 heterocycles. The maximum absolute atomic E-state index is 12.4. The first-order chi connectivity index (χ1) is 17.5. The van der Waals surface area contributed by atoms with Gasteiger partial charge in [-0.2, -0.15) is 0 Å². The second kappa shape index (κ2) is 14.5. The molecule has 6 heteroatoms. The van der Waals surface area contributed by atoms with Crippen molar-refractivity contribution in [2.75, 3.05) is 19.8 Å². The summed E-state index contributed by atoms with van der Waals surface area (Å²) in [5.74, 6) is -0.481. The van der Waals surface area contributed by atoms with Crippen molar-refractivity contribution in [2.24, 2.45) is 0 Å². The molecule has 0 aliphatic carbocycles. The fourth-order valence-corrected chi connectivity index (χ4v) is 3.77. The maximum atomic E-state index is 12.4. The summed E-state index contributed by atoms with van der Waals surface area (Å²) < 4.78 is 10.7. The number of benzene rings is 3. The molecule has 0 aliphatic heterocycles. The SMILES string of the molecule is C=C(C)C(=O)OCCNC(=O)OC[C@H](Cc1ccccc1)N(Cc1ccccc1)Cc1ccccc1. The number of nitrogens with one attached hydrogen (secondary N) is 1. The Bertz CT molecular complexity index is 1050. The Balaban J connectivity index is 1.69. The second-order valence-corrected chi connectivity index (χ2v) is 8.66. The summed E-state index contributed by atoms with van der Waals surface area (Å²) in [5.41, 5.74) is 3.87. The van der Waals surface area contributed by atoms with Crippen LogP contribution in [-0.4, -0.2) is 42.8 Å². The van der Waals surface area contributed by atoms with Crippen molar-refractivity contribution in [1.29, 1.82) is 0 Å². The van der Waals surface area contributed by atoms with Gasteiger partial charge in [0.1, 0.15) is 13.2 Å². The number of esters is 1. The normalized spacial score (nSPS) is 11.5. The zero-order valence-electron chi connectivity index (χ0n) is 20.8. The van der Waals surface area contributed by atoms with Crippen LogP contribution >= 0.6 is 0 Å². The first-order valence-corrected chi connectivity index (χ1v) is 12.1. The number of carbonyl (C=O) groups is 2. The average molecular weight is 487 g/mol. The molecule has 1 atom stereocenters. The third-order valence-electron chi connectivity index (χ3n) is 5.65. The fraction of sp³-hybridized carbons (Fsp3) is 0.267. The third kappa shape index (κ3) is 9.39. The lowest BCUT2D eigenvalue weighted by molar-refractivity contribution is -0.138. The lowest BCUT2D eigenvalue weighted by Crippen LogP contribution is -2.41. The summed E-state index contributed by atoms with van der Waals surface area (Å²) in [7, 11) is 0. The number of rotatable bonds is 13. The Morgan fingerprint density at radius 3 is 1.81 bits per heavy atom. The van der Waals surface area contributed by atoms with Gasteiger partial charge < -0.3 is 14.8 Å². The van der Waals surface area contributed by atoms with Gasteiger partial charge in [-0.3, -0.25) is 4.90 Å². The van der Waals surface area contributed by atoms with Crippen LogP contribution in [0.1, 0.15) is 23.6 Å². The standard InChI is InChI=1S/C30H34N2O4/c1-24(2)29(33)35-19-18-31-30(34)36-23-28(20-25-12-6-3-7-13-25)32(21-26-14-8-4-9-15-26)22-27-16-10-5-11-17-27/h3-17,28H,1,18-23H2,2H3,(H,31,34)/t28-/m0/s1. The van der Waals surface area contributed by atoms with Crippen LogP contribution in [0.15, 0.2) is 103 Å². The highest BCUT2D eigenvalue weighted by Crippen LogP contribution is 2.17. The van der Waals surface area contributed by atoms with Gasteiger partial charge in [0.25, 0.3) is 0 Å². The lowest BCUT2D eigenvalue weighted by Gasteiger charge is -2.32. The molecule has 6 nitrogen and oxygen atoms in total. The fourth-order valence-electron chi connectivity index (χ4n) is 3.77. The molecule has 0 saturated heterocycles. The zero-order chi connectivity index (χ0) is 25.6. The number of ether oxygens (including phenoxy) is 2. The molecule has 3 aromatic carbocycles. The molecule has 0 aliphatic rings. The molecule has 188 valence electrons. The van der Waals surface area contributed by atoms with Crippen LogP contribution in [0.2, 0.25) is 0 Å². The van der Waals surface area contributed by atoms with Crippen molar-refractivity contribution in [3.63, 3.8) is 0 Å². The molecule has 1 amide bonds. The summed E-state index contributed by atoms with van der Waals surface area (Å²) >= 11 is 0. The Morgan fingerprint density at radius 2 is 1.31 bits per heavy atom. The van der Waals surface area contributed by atoms with Crippen LogP contribution in [0.4, 0.5) is 4.79 Å². The van der Waals surface area contributed by atoms with Gasteiger partial charge in [-0.25, -0.2) is 9.59 Å². The lowest BCUT2D eigenvalue weighted by atomic mass is 10.0. The van der Waals surface area contributed by atoms with E-state index in [4.69, 9.17) is 9.47 Å². The predicted molar refractivity (Wildman–Crippen MR) is 141 cm³/mol. The van der Waals surface area contributed by atoms with Crippen LogP contribution in [0.25, 0.3) is 0 Å². The van der Waals surface area contributed by atoms with Crippen molar-refractivity contribution in [1.82, 2.24) is 10.2 Å². The van der Waals surface area contributed by atoms with Crippen molar-refractivity contribution in [2.45, 2.75) is 32.5 Å². The number of carbonyl (C=O) groups excluding carboxylic acids is 2. The summed E-state index contributed by atoms with van der Waals surface area (Å²) in [5, 5.41) is 2.65. The highest BCUT2D eigenvalue weighted by molar-refractivity contribution is 5.86. The average Bonchev–Trinajstić information content (AvgIpc) is 2.90. The largest absolute Gasteiger partial charge is 0.460 e. The molecule has 0 saturated carbocycles. The monoisotopic (exact) mass is 486 g/mol. The van der Waals surface area contributed by atoms with E-state index in [1.807, 2.05) is 54.6 Å². The van der Waals surface area contributed by atoms with Gasteiger partial charge in [-0.05, 0) is 30.0 Å². The predicted octanol–water partition coefficient (Wildman–Crippen LogP) is 5.15. The highest BCUT2D eigenvalue weighted by atomic mass is 16.6. The Kier molecular flexibility index (Phi) is 10.7. The number of amides is 1. The van der Waals surface area contributed by atoms with Crippen LogP contribution in [0, 0.1) is 0 Å². The number of alkyl carbamates (subject to hydrolysis) is 1. The van der Waals surface area contributed by atoms with Gasteiger partial charge in [-0.1, -0.05) is 97.6 Å².